The van der Waals surface area contributed by atoms with Gasteiger partial charge in [0, 0.05) is 5.56 Å². The van der Waals surface area contributed by atoms with Crippen molar-refractivity contribution >= 4 is 5.91 Å². The first kappa shape index (κ1) is 21.4. The first-order valence-corrected chi connectivity index (χ1v) is 9.55. The van der Waals surface area contributed by atoms with Crippen molar-refractivity contribution in [1.82, 2.24) is 5.32 Å². The zero-order valence-electron chi connectivity index (χ0n) is 17.2. The molecule has 0 fully saturated rings. The Hall–Kier alpha value is -2.89. The van der Waals surface area contributed by atoms with E-state index in [1.807, 2.05) is 45.9 Å². The molecule has 2 aromatic carbocycles. The molecule has 0 aromatic heterocycles. The predicted molar refractivity (Wildman–Crippen MR) is 109 cm³/mol. The Morgan fingerprint density at radius 1 is 0.857 bits per heavy atom. The summed E-state index contributed by atoms with van der Waals surface area (Å²) in [6.07, 6.45) is 0. The lowest BCUT2D eigenvalue weighted by atomic mass is 10.1. The van der Waals surface area contributed by atoms with Crippen molar-refractivity contribution in [3.63, 3.8) is 0 Å². The summed E-state index contributed by atoms with van der Waals surface area (Å²) in [4.78, 5) is 12.7. The fourth-order valence-corrected chi connectivity index (χ4v) is 2.78. The van der Waals surface area contributed by atoms with Crippen molar-refractivity contribution in [3.05, 3.63) is 47.5 Å². The molecule has 0 heterocycles. The van der Waals surface area contributed by atoms with Crippen LogP contribution in [0, 0.1) is 0 Å². The normalized spacial score (nSPS) is 11.5. The molecule has 28 heavy (non-hydrogen) atoms. The number of nitrogens with one attached hydrogen (secondary N) is 1. The molecule has 0 radical (unpaired) electrons. The zero-order chi connectivity index (χ0) is 20.5. The lowest BCUT2D eigenvalue weighted by Gasteiger charge is -2.18. The molecule has 0 saturated heterocycles. The fraction of sp³-hybridized carbons (Fsp3) is 0.409. The van der Waals surface area contributed by atoms with E-state index >= 15 is 0 Å². The average Bonchev–Trinajstić information content (AvgIpc) is 2.70. The highest BCUT2D eigenvalue weighted by Crippen LogP contribution is 2.31. The van der Waals surface area contributed by atoms with E-state index < -0.39 is 0 Å². The van der Waals surface area contributed by atoms with E-state index in [1.165, 1.54) is 0 Å². The van der Waals surface area contributed by atoms with Gasteiger partial charge in [-0.1, -0.05) is 6.07 Å². The molecule has 6 nitrogen and oxygen atoms in total. The number of hydrogen-bond acceptors (Lipinski definition) is 5. The number of amides is 1. The average molecular weight is 387 g/mol. The summed E-state index contributed by atoms with van der Waals surface area (Å²) in [7, 11) is 1.55. The van der Waals surface area contributed by atoms with Gasteiger partial charge < -0.3 is 24.3 Å². The molecule has 2 rings (SSSR count). The van der Waals surface area contributed by atoms with Crippen LogP contribution in [0.15, 0.2) is 36.4 Å². The Bertz CT molecular complexity index is 790. The van der Waals surface area contributed by atoms with Gasteiger partial charge >= 0.3 is 0 Å². The summed E-state index contributed by atoms with van der Waals surface area (Å²) in [5, 5.41) is 3.00. The molecule has 2 aromatic rings. The molecule has 0 spiro atoms. The molecule has 0 unspecified atom stereocenters. The molecule has 0 bridgehead atoms. The Morgan fingerprint density at radius 2 is 1.43 bits per heavy atom. The number of carbonyl (C=O) groups excluding carboxylic acids is 1. The standard InChI is InChI=1S/C22H29NO5/c1-6-26-18-12-10-17(14-20(18)25-5)22(24)23-15(4)16-9-11-19(27-7-2)21(13-16)28-8-3/h9-15H,6-8H2,1-5H3,(H,23,24)/t15-/m0/s1. The fourth-order valence-electron chi connectivity index (χ4n) is 2.78. The molecule has 6 heteroatoms. The van der Waals surface area contributed by atoms with Crippen LogP contribution in [0.5, 0.6) is 23.0 Å². The van der Waals surface area contributed by atoms with E-state index in [0.717, 1.165) is 5.56 Å². The first-order valence-electron chi connectivity index (χ1n) is 9.55. The minimum Gasteiger partial charge on any atom is -0.493 e. The number of methoxy groups -OCH3 is 1. The van der Waals surface area contributed by atoms with E-state index in [4.69, 9.17) is 18.9 Å². The van der Waals surface area contributed by atoms with E-state index in [9.17, 15) is 4.79 Å². The van der Waals surface area contributed by atoms with Crippen LogP contribution >= 0.6 is 0 Å². The molecule has 1 atom stereocenters. The molecule has 1 N–H and O–H groups in total. The van der Waals surface area contributed by atoms with E-state index in [2.05, 4.69) is 5.32 Å². The Labute approximate surface area is 166 Å². The molecule has 0 aliphatic heterocycles. The molecule has 0 aliphatic rings. The second-order valence-corrected chi connectivity index (χ2v) is 6.07. The maximum Gasteiger partial charge on any atom is 0.251 e. The minimum absolute atomic E-state index is 0.194. The third kappa shape index (κ3) is 5.31. The molecule has 152 valence electrons. The number of rotatable bonds is 10. The van der Waals surface area contributed by atoms with Gasteiger partial charge in [-0.25, -0.2) is 0 Å². The molecular formula is C22H29NO5. The predicted octanol–water partition coefficient (Wildman–Crippen LogP) is 4.38. The molecule has 0 saturated carbocycles. The van der Waals surface area contributed by atoms with Crippen LogP contribution in [-0.4, -0.2) is 32.8 Å². The Balaban J connectivity index is 2.16. The summed E-state index contributed by atoms with van der Waals surface area (Å²) >= 11 is 0. The third-order valence-corrected chi connectivity index (χ3v) is 4.14. The van der Waals surface area contributed by atoms with Gasteiger partial charge in [0.2, 0.25) is 0 Å². The van der Waals surface area contributed by atoms with Gasteiger partial charge in [-0.05, 0) is 63.6 Å². The number of ether oxygens (including phenoxy) is 4. The van der Waals surface area contributed by atoms with Crippen LogP contribution in [0.3, 0.4) is 0 Å². The van der Waals surface area contributed by atoms with Crippen LogP contribution < -0.4 is 24.3 Å². The number of carbonyl (C=O) groups is 1. The highest BCUT2D eigenvalue weighted by atomic mass is 16.5. The van der Waals surface area contributed by atoms with Crippen molar-refractivity contribution in [3.8, 4) is 23.0 Å². The summed E-state index contributed by atoms with van der Waals surface area (Å²) in [5.74, 6) is 2.32. The van der Waals surface area contributed by atoms with Gasteiger partial charge in [0.25, 0.3) is 5.91 Å². The number of benzene rings is 2. The van der Waals surface area contributed by atoms with Crippen LogP contribution in [0.25, 0.3) is 0 Å². The van der Waals surface area contributed by atoms with Crippen molar-refractivity contribution in [2.45, 2.75) is 33.7 Å². The van der Waals surface area contributed by atoms with Crippen LogP contribution in [0.4, 0.5) is 0 Å². The van der Waals surface area contributed by atoms with Crippen LogP contribution in [0.2, 0.25) is 0 Å². The van der Waals surface area contributed by atoms with Crippen LogP contribution in [0.1, 0.15) is 49.7 Å². The Kier molecular flexibility index (Phi) is 7.99. The number of hydrogen-bond donors (Lipinski definition) is 1. The first-order chi connectivity index (χ1) is 13.5. The van der Waals surface area contributed by atoms with E-state index in [0.29, 0.717) is 48.4 Å². The summed E-state index contributed by atoms with van der Waals surface area (Å²) in [6, 6.07) is 10.6. The molecular weight excluding hydrogens is 358 g/mol. The SMILES string of the molecule is CCOc1ccc(C(=O)N[C@@H](C)c2ccc(OCC)c(OCC)c2)cc1OC. The van der Waals surface area contributed by atoms with Gasteiger partial charge in [-0.15, -0.1) is 0 Å². The van der Waals surface area contributed by atoms with E-state index in [-0.39, 0.29) is 11.9 Å². The van der Waals surface area contributed by atoms with Crippen molar-refractivity contribution in [2.75, 3.05) is 26.9 Å². The molecule has 0 aliphatic carbocycles. The molecule has 1 amide bonds. The maximum absolute atomic E-state index is 12.7. The second kappa shape index (κ2) is 10.4. The Morgan fingerprint density at radius 3 is 2.04 bits per heavy atom. The van der Waals surface area contributed by atoms with Gasteiger partial charge in [0.15, 0.2) is 23.0 Å². The second-order valence-electron chi connectivity index (χ2n) is 6.07. The monoisotopic (exact) mass is 387 g/mol. The lowest BCUT2D eigenvalue weighted by molar-refractivity contribution is 0.0939. The zero-order valence-corrected chi connectivity index (χ0v) is 17.2. The summed E-state index contributed by atoms with van der Waals surface area (Å²) < 4.78 is 22.1. The van der Waals surface area contributed by atoms with Crippen molar-refractivity contribution < 1.29 is 23.7 Å². The lowest BCUT2D eigenvalue weighted by Crippen LogP contribution is -2.26. The van der Waals surface area contributed by atoms with Gasteiger partial charge in [-0.3, -0.25) is 4.79 Å². The highest BCUT2D eigenvalue weighted by Gasteiger charge is 2.16. The minimum atomic E-state index is -0.208. The summed E-state index contributed by atoms with van der Waals surface area (Å²) in [6.45, 7) is 9.30. The quantitative estimate of drug-likeness (QED) is 0.655. The highest BCUT2D eigenvalue weighted by molar-refractivity contribution is 5.95. The largest absolute Gasteiger partial charge is 0.493 e. The van der Waals surface area contributed by atoms with Gasteiger partial charge in [-0.2, -0.15) is 0 Å². The summed E-state index contributed by atoms with van der Waals surface area (Å²) in [5.41, 5.74) is 1.43. The van der Waals surface area contributed by atoms with Crippen molar-refractivity contribution in [2.24, 2.45) is 0 Å². The topological polar surface area (TPSA) is 66.0 Å². The maximum atomic E-state index is 12.7. The van der Waals surface area contributed by atoms with Crippen LogP contribution in [-0.2, 0) is 0 Å². The van der Waals surface area contributed by atoms with E-state index in [1.54, 1.807) is 25.3 Å². The smallest absolute Gasteiger partial charge is 0.251 e. The third-order valence-electron chi connectivity index (χ3n) is 4.14. The van der Waals surface area contributed by atoms with Gasteiger partial charge in [0.1, 0.15) is 0 Å². The van der Waals surface area contributed by atoms with Gasteiger partial charge in [0.05, 0.1) is 33.0 Å². The van der Waals surface area contributed by atoms with Crippen molar-refractivity contribution in [1.29, 1.82) is 0 Å².